The third-order valence-electron chi connectivity index (χ3n) is 5.60. The van der Waals surface area contributed by atoms with Gasteiger partial charge in [0.15, 0.2) is 16.8 Å². The van der Waals surface area contributed by atoms with Crippen LogP contribution in [0.3, 0.4) is 0 Å². The number of hydrogen-bond donors (Lipinski definition) is 1. The Morgan fingerprint density at radius 3 is 2.45 bits per heavy atom. The van der Waals surface area contributed by atoms with E-state index in [2.05, 4.69) is 15.2 Å². The Morgan fingerprint density at radius 2 is 1.70 bits per heavy atom. The number of Topliss-reactive ketones (excluding diaryl/α,β-unsaturated/α-hetero) is 1. The van der Waals surface area contributed by atoms with Gasteiger partial charge in [0.2, 0.25) is 0 Å². The quantitative estimate of drug-likeness (QED) is 0.253. The maximum absolute atomic E-state index is 13.8. The number of ether oxygens (including phenoxy) is 1. The van der Waals surface area contributed by atoms with Crippen molar-refractivity contribution in [2.45, 2.75) is 10.4 Å². The Balaban J connectivity index is 1.51. The van der Waals surface area contributed by atoms with E-state index in [1.165, 1.54) is 11.8 Å². The van der Waals surface area contributed by atoms with Crippen molar-refractivity contribution in [1.82, 2.24) is 19.7 Å². The first-order chi connectivity index (χ1) is 16.2. The van der Waals surface area contributed by atoms with Crippen LogP contribution in [0, 0.1) is 0 Å². The van der Waals surface area contributed by atoms with Gasteiger partial charge in [0.25, 0.3) is 0 Å². The normalized spacial score (nSPS) is 12.1. The Morgan fingerprint density at radius 1 is 0.970 bits per heavy atom. The van der Waals surface area contributed by atoms with E-state index in [9.17, 15) is 4.79 Å². The van der Waals surface area contributed by atoms with Gasteiger partial charge in [-0.3, -0.25) is 4.79 Å². The van der Waals surface area contributed by atoms with Crippen LogP contribution >= 0.6 is 11.8 Å². The molecule has 0 aliphatic rings. The summed E-state index contributed by atoms with van der Waals surface area (Å²) in [5, 5.41) is 9.93. The molecule has 0 aliphatic carbocycles. The van der Waals surface area contributed by atoms with E-state index in [-0.39, 0.29) is 5.78 Å². The van der Waals surface area contributed by atoms with Crippen molar-refractivity contribution >= 4 is 28.4 Å². The Hall–Kier alpha value is -3.84. The van der Waals surface area contributed by atoms with E-state index in [4.69, 9.17) is 4.74 Å². The Labute approximate surface area is 195 Å². The zero-order chi connectivity index (χ0) is 22.8. The number of carbonyl (C=O) groups excluding carboxylic acids is 1. The molecule has 1 N–H and O–H groups in total. The standard InChI is InChI=1S/C26H22N4O2S/c1-30-25(18-12-14-19(32-2)15-13-18)28-29-26(30)33-24(17-8-4-3-5-9-17)23(31)21-16-27-22-11-7-6-10-20(21)22/h3-16,24,27H,1-2H3. The number of hydrogen-bond acceptors (Lipinski definition) is 5. The number of para-hydroxylation sites is 1. The van der Waals surface area contributed by atoms with Crippen LogP contribution in [0.4, 0.5) is 0 Å². The second-order valence-corrected chi connectivity index (χ2v) is 8.69. The predicted octanol–water partition coefficient (Wildman–Crippen LogP) is 5.69. The first kappa shape index (κ1) is 21.0. The molecule has 5 aromatic rings. The maximum atomic E-state index is 13.8. The summed E-state index contributed by atoms with van der Waals surface area (Å²) in [6.07, 6.45) is 1.79. The number of fused-ring (bicyclic) bond motifs is 1. The molecule has 7 heteroatoms. The lowest BCUT2D eigenvalue weighted by atomic mass is 10.0. The molecule has 6 nitrogen and oxygen atoms in total. The van der Waals surface area contributed by atoms with Gasteiger partial charge in [-0.2, -0.15) is 0 Å². The molecule has 5 rings (SSSR count). The third-order valence-corrected chi connectivity index (χ3v) is 6.89. The molecule has 2 heterocycles. The lowest BCUT2D eigenvalue weighted by Crippen LogP contribution is -2.11. The summed E-state index contributed by atoms with van der Waals surface area (Å²) in [6, 6.07) is 25.3. The van der Waals surface area contributed by atoms with E-state index in [0.29, 0.717) is 10.7 Å². The zero-order valence-electron chi connectivity index (χ0n) is 18.2. The molecule has 0 fully saturated rings. The van der Waals surface area contributed by atoms with Crippen LogP contribution in [0.15, 0.2) is 90.2 Å². The molecule has 33 heavy (non-hydrogen) atoms. The molecule has 0 amide bonds. The van der Waals surface area contributed by atoms with Crippen molar-refractivity contribution < 1.29 is 9.53 Å². The topological polar surface area (TPSA) is 72.8 Å². The fraction of sp³-hybridized carbons (Fsp3) is 0.115. The number of rotatable bonds is 7. The number of H-pyrrole nitrogens is 1. The van der Waals surface area contributed by atoms with Gasteiger partial charge < -0.3 is 14.3 Å². The number of aromatic nitrogens is 4. The van der Waals surface area contributed by atoms with Gasteiger partial charge in [-0.15, -0.1) is 10.2 Å². The van der Waals surface area contributed by atoms with Crippen LogP contribution in [0.1, 0.15) is 21.2 Å². The molecule has 0 aliphatic heterocycles. The van der Waals surface area contributed by atoms with Gasteiger partial charge in [-0.25, -0.2) is 0 Å². The number of methoxy groups -OCH3 is 1. The summed E-state index contributed by atoms with van der Waals surface area (Å²) in [5.74, 6) is 1.54. The summed E-state index contributed by atoms with van der Waals surface area (Å²) in [7, 11) is 3.56. The first-order valence-corrected chi connectivity index (χ1v) is 11.4. The van der Waals surface area contributed by atoms with Gasteiger partial charge in [0, 0.05) is 35.3 Å². The molecule has 0 spiro atoms. The molecule has 1 unspecified atom stereocenters. The van der Waals surface area contributed by atoms with Crippen LogP contribution in [0.2, 0.25) is 0 Å². The maximum Gasteiger partial charge on any atom is 0.192 e. The Kier molecular flexibility index (Phi) is 5.71. The minimum atomic E-state index is -0.461. The smallest absolute Gasteiger partial charge is 0.192 e. The average molecular weight is 455 g/mol. The molecule has 164 valence electrons. The van der Waals surface area contributed by atoms with Gasteiger partial charge >= 0.3 is 0 Å². The molecular formula is C26H22N4O2S. The van der Waals surface area contributed by atoms with E-state index in [0.717, 1.165) is 33.6 Å². The highest BCUT2D eigenvalue weighted by Gasteiger charge is 2.28. The van der Waals surface area contributed by atoms with Crippen LogP contribution in [0.5, 0.6) is 5.75 Å². The van der Waals surface area contributed by atoms with Crippen molar-refractivity contribution in [1.29, 1.82) is 0 Å². The van der Waals surface area contributed by atoms with Crippen molar-refractivity contribution in [3.63, 3.8) is 0 Å². The molecule has 3 aromatic carbocycles. The highest BCUT2D eigenvalue weighted by atomic mass is 32.2. The van der Waals surface area contributed by atoms with Crippen molar-refractivity contribution in [2.24, 2.45) is 7.05 Å². The molecule has 0 saturated carbocycles. The second-order valence-electron chi connectivity index (χ2n) is 7.61. The summed E-state index contributed by atoms with van der Waals surface area (Å²) >= 11 is 1.41. The fourth-order valence-corrected chi connectivity index (χ4v) is 4.90. The molecule has 0 saturated heterocycles. The average Bonchev–Trinajstić information content (AvgIpc) is 3.46. The van der Waals surface area contributed by atoms with E-state index in [1.54, 1.807) is 13.3 Å². The number of benzene rings is 3. The van der Waals surface area contributed by atoms with E-state index >= 15 is 0 Å². The van der Waals surface area contributed by atoms with E-state index < -0.39 is 5.25 Å². The number of ketones is 1. The van der Waals surface area contributed by atoms with Crippen LogP contribution < -0.4 is 4.74 Å². The summed E-state index contributed by atoms with van der Waals surface area (Å²) < 4.78 is 7.17. The fourth-order valence-electron chi connectivity index (χ4n) is 3.83. The monoisotopic (exact) mass is 454 g/mol. The Bertz CT molecular complexity index is 1410. The summed E-state index contributed by atoms with van der Waals surface area (Å²) in [5.41, 5.74) is 3.46. The van der Waals surface area contributed by atoms with Crippen LogP contribution in [-0.4, -0.2) is 32.6 Å². The van der Waals surface area contributed by atoms with Gasteiger partial charge in [0.1, 0.15) is 11.0 Å². The number of nitrogens with one attached hydrogen (secondary N) is 1. The highest BCUT2D eigenvalue weighted by Crippen LogP contribution is 2.39. The van der Waals surface area contributed by atoms with Crippen LogP contribution in [0.25, 0.3) is 22.3 Å². The third kappa shape index (κ3) is 4.03. The minimum absolute atomic E-state index is 0.0256. The first-order valence-electron chi connectivity index (χ1n) is 10.5. The predicted molar refractivity (Wildman–Crippen MR) is 131 cm³/mol. The van der Waals surface area contributed by atoms with Crippen molar-refractivity contribution in [2.75, 3.05) is 7.11 Å². The molecule has 0 radical (unpaired) electrons. The van der Waals surface area contributed by atoms with Crippen molar-refractivity contribution in [3.8, 4) is 17.1 Å². The second kappa shape index (κ2) is 8.96. The number of nitrogens with zero attached hydrogens (tertiary/aromatic N) is 3. The minimum Gasteiger partial charge on any atom is -0.497 e. The lowest BCUT2D eigenvalue weighted by molar-refractivity contribution is 0.0991. The summed E-state index contributed by atoms with van der Waals surface area (Å²) in [6.45, 7) is 0. The van der Waals surface area contributed by atoms with Gasteiger partial charge in [0.05, 0.1) is 7.11 Å². The number of aromatic amines is 1. The van der Waals surface area contributed by atoms with Gasteiger partial charge in [-0.05, 0) is 35.9 Å². The lowest BCUT2D eigenvalue weighted by Gasteiger charge is -2.15. The molecule has 0 bridgehead atoms. The molecule has 1 atom stereocenters. The van der Waals surface area contributed by atoms with Crippen molar-refractivity contribution in [3.05, 3.63) is 96.2 Å². The highest BCUT2D eigenvalue weighted by molar-refractivity contribution is 8.00. The zero-order valence-corrected chi connectivity index (χ0v) is 19.0. The molecular weight excluding hydrogens is 432 g/mol. The number of carbonyl (C=O) groups is 1. The summed E-state index contributed by atoms with van der Waals surface area (Å²) in [4.78, 5) is 17.0. The van der Waals surface area contributed by atoms with Crippen LogP contribution in [-0.2, 0) is 7.05 Å². The SMILES string of the molecule is COc1ccc(-c2nnc(SC(C(=O)c3c[nH]c4ccccc34)c3ccccc3)n2C)cc1. The molecule has 2 aromatic heterocycles. The number of thioether (sulfide) groups is 1. The van der Waals surface area contributed by atoms with Gasteiger partial charge in [-0.1, -0.05) is 60.3 Å². The van der Waals surface area contributed by atoms with E-state index in [1.807, 2.05) is 90.5 Å². The largest absolute Gasteiger partial charge is 0.497 e.